The van der Waals surface area contributed by atoms with E-state index in [4.69, 9.17) is 0 Å². The van der Waals surface area contributed by atoms with Gasteiger partial charge in [-0.2, -0.15) is 0 Å². The fourth-order valence-corrected chi connectivity index (χ4v) is 2.75. The summed E-state index contributed by atoms with van der Waals surface area (Å²) in [6.07, 6.45) is 3.87. The molecule has 0 heterocycles. The van der Waals surface area contributed by atoms with Crippen LogP contribution in [0.2, 0.25) is 0 Å². The van der Waals surface area contributed by atoms with E-state index < -0.39 is 17.9 Å². The van der Waals surface area contributed by atoms with Gasteiger partial charge in [0.05, 0.1) is 0 Å². The number of rotatable bonds is 4. The molecule has 6 nitrogen and oxygen atoms in total. The van der Waals surface area contributed by atoms with Gasteiger partial charge in [0, 0.05) is 16.0 Å². The number of hydrazine groups is 1. The number of carbonyl (C=O) groups excluding carboxylic acids is 3. The Morgan fingerprint density at radius 2 is 1.70 bits per heavy atom. The van der Waals surface area contributed by atoms with Crippen molar-refractivity contribution in [1.82, 2.24) is 16.2 Å². The van der Waals surface area contributed by atoms with Crippen LogP contribution in [0.25, 0.3) is 0 Å². The quantitative estimate of drug-likeness (QED) is 0.696. The number of benzene rings is 1. The van der Waals surface area contributed by atoms with E-state index in [-0.39, 0.29) is 11.8 Å². The highest BCUT2D eigenvalue weighted by atomic mass is 79.9. The molecule has 0 radical (unpaired) electrons. The van der Waals surface area contributed by atoms with Gasteiger partial charge in [-0.05, 0) is 44.0 Å². The molecule has 124 valence electrons. The molecule has 2 rings (SSSR count). The average Bonchev–Trinajstić information content (AvgIpc) is 3.07. The van der Waals surface area contributed by atoms with Gasteiger partial charge in [-0.3, -0.25) is 25.2 Å². The maximum absolute atomic E-state index is 12.0. The Bertz CT molecular complexity index is 583. The number of halogens is 1. The van der Waals surface area contributed by atoms with Crippen molar-refractivity contribution in [2.75, 3.05) is 0 Å². The van der Waals surface area contributed by atoms with E-state index in [1.807, 2.05) is 0 Å². The molecule has 0 spiro atoms. The molecule has 23 heavy (non-hydrogen) atoms. The lowest BCUT2D eigenvalue weighted by Crippen LogP contribution is -2.51. The minimum atomic E-state index is -0.701. The second-order valence-electron chi connectivity index (χ2n) is 5.66. The van der Waals surface area contributed by atoms with E-state index >= 15 is 0 Å². The first kappa shape index (κ1) is 17.5. The van der Waals surface area contributed by atoms with Crippen molar-refractivity contribution in [2.24, 2.45) is 5.92 Å². The summed E-state index contributed by atoms with van der Waals surface area (Å²) < 4.78 is 0.862. The molecular weight excluding hydrogens is 362 g/mol. The Morgan fingerprint density at radius 1 is 1.09 bits per heavy atom. The molecule has 1 aromatic carbocycles. The Labute approximate surface area is 143 Å². The maximum Gasteiger partial charge on any atom is 0.269 e. The lowest BCUT2D eigenvalue weighted by atomic mass is 10.1. The first-order valence-corrected chi connectivity index (χ1v) is 8.43. The van der Waals surface area contributed by atoms with Crippen molar-refractivity contribution in [2.45, 2.75) is 38.6 Å². The molecule has 1 aliphatic rings. The second kappa shape index (κ2) is 8.10. The summed E-state index contributed by atoms with van der Waals surface area (Å²) in [7, 11) is 0. The summed E-state index contributed by atoms with van der Waals surface area (Å²) >= 11 is 3.28. The third kappa shape index (κ3) is 5.06. The predicted molar refractivity (Wildman–Crippen MR) is 89.3 cm³/mol. The van der Waals surface area contributed by atoms with E-state index in [1.54, 1.807) is 31.2 Å². The molecule has 3 N–H and O–H groups in total. The third-order valence-corrected chi connectivity index (χ3v) is 4.41. The molecule has 1 unspecified atom stereocenters. The smallest absolute Gasteiger partial charge is 0.269 e. The maximum atomic E-state index is 12.0. The van der Waals surface area contributed by atoms with E-state index in [1.165, 1.54) is 0 Å². The third-order valence-electron chi connectivity index (χ3n) is 3.88. The van der Waals surface area contributed by atoms with Crippen LogP contribution in [0, 0.1) is 5.92 Å². The molecule has 1 aromatic rings. The molecule has 1 aliphatic carbocycles. The van der Waals surface area contributed by atoms with Crippen LogP contribution in [-0.4, -0.2) is 23.8 Å². The SMILES string of the molecule is CC(NC(=O)C1CCCC1)C(=O)NNC(=O)c1ccc(Br)cc1. The van der Waals surface area contributed by atoms with Crippen LogP contribution in [0.3, 0.4) is 0 Å². The summed E-state index contributed by atoms with van der Waals surface area (Å²) in [6, 6.07) is 6.05. The highest BCUT2D eigenvalue weighted by Crippen LogP contribution is 2.24. The Morgan fingerprint density at radius 3 is 2.30 bits per heavy atom. The van der Waals surface area contributed by atoms with Gasteiger partial charge in [0.25, 0.3) is 11.8 Å². The molecule has 0 aliphatic heterocycles. The molecule has 0 aromatic heterocycles. The Kier molecular flexibility index (Phi) is 6.15. The molecule has 0 saturated heterocycles. The van der Waals surface area contributed by atoms with Crippen LogP contribution < -0.4 is 16.2 Å². The highest BCUT2D eigenvalue weighted by molar-refractivity contribution is 9.10. The van der Waals surface area contributed by atoms with Crippen molar-refractivity contribution >= 4 is 33.7 Å². The molecular formula is C16H20BrN3O3. The van der Waals surface area contributed by atoms with Crippen LogP contribution in [0.5, 0.6) is 0 Å². The summed E-state index contributed by atoms with van der Waals surface area (Å²) in [4.78, 5) is 35.8. The Hall–Kier alpha value is -1.89. The largest absolute Gasteiger partial charge is 0.344 e. The monoisotopic (exact) mass is 381 g/mol. The first-order chi connectivity index (χ1) is 11.0. The molecule has 3 amide bonds. The van der Waals surface area contributed by atoms with Gasteiger partial charge >= 0.3 is 0 Å². The zero-order chi connectivity index (χ0) is 16.8. The van der Waals surface area contributed by atoms with E-state index in [9.17, 15) is 14.4 Å². The summed E-state index contributed by atoms with van der Waals surface area (Å²) in [6.45, 7) is 1.59. The lowest BCUT2D eigenvalue weighted by Gasteiger charge is -2.17. The molecule has 0 bridgehead atoms. The highest BCUT2D eigenvalue weighted by Gasteiger charge is 2.25. The van der Waals surface area contributed by atoms with Crippen LogP contribution in [0.1, 0.15) is 43.0 Å². The molecule has 1 atom stereocenters. The number of hydrogen-bond donors (Lipinski definition) is 3. The summed E-state index contributed by atoms with van der Waals surface area (Å²) in [5, 5.41) is 2.68. The predicted octanol–water partition coefficient (Wildman–Crippen LogP) is 1.91. The van der Waals surface area contributed by atoms with E-state index in [0.717, 1.165) is 30.2 Å². The fourth-order valence-electron chi connectivity index (χ4n) is 2.48. The fraction of sp³-hybridized carbons (Fsp3) is 0.438. The van der Waals surface area contributed by atoms with E-state index in [0.29, 0.717) is 5.56 Å². The number of amides is 3. The van der Waals surface area contributed by atoms with Crippen molar-refractivity contribution in [3.63, 3.8) is 0 Å². The summed E-state index contributed by atoms with van der Waals surface area (Å²) in [5.74, 6) is -0.964. The van der Waals surface area contributed by atoms with Crippen LogP contribution in [0.4, 0.5) is 0 Å². The van der Waals surface area contributed by atoms with Crippen LogP contribution in [0.15, 0.2) is 28.7 Å². The topological polar surface area (TPSA) is 87.3 Å². The second-order valence-corrected chi connectivity index (χ2v) is 6.58. The van der Waals surface area contributed by atoms with Gasteiger partial charge < -0.3 is 5.32 Å². The van der Waals surface area contributed by atoms with Gasteiger partial charge in [-0.15, -0.1) is 0 Å². The van der Waals surface area contributed by atoms with Gasteiger partial charge in [0.1, 0.15) is 6.04 Å². The minimum Gasteiger partial charge on any atom is -0.344 e. The number of carbonyl (C=O) groups is 3. The lowest BCUT2D eigenvalue weighted by molar-refractivity contribution is -0.131. The van der Waals surface area contributed by atoms with E-state index in [2.05, 4.69) is 32.1 Å². The number of hydrogen-bond acceptors (Lipinski definition) is 3. The van der Waals surface area contributed by atoms with Crippen molar-refractivity contribution in [1.29, 1.82) is 0 Å². The van der Waals surface area contributed by atoms with Gasteiger partial charge in [0.15, 0.2) is 0 Å². The zero-order valence-electron chi connectivity index (χ0n) is 12.9. The van der Waals surface area contributed by atoms with Crippen molar-refractivity contribution < 1.29 is 14.4 Å². The van der Waals surface area contributed by atoms with Gasteiger partial charge in [-0.1, -0.05) is 28.8 Å². The van der Waals surface area contributed by atoms with Gasteiger partial charge in [-0.25, -0.2) is 0 Å². The van der Waals surface area contributed by atoms with Crippen LogP contribution >= 0.6 is 15.9 Å². The molecule has 1 fully saturated rings. The minimum absolute atomic E-state index is 0.00241. The normalized spacial score (nSPS) is 15.7. The molecule has 1 saturated carbocycles. The number of nitrogens with one attached hydrogen (secondary N) is 3. The van der Waals surface area contributed by atoms with Crippen LogP contribution in [-0.2, 0) is 9.59 Å². The van der Waals surface area contributed by atoms with Crippen molar-refractivity contribution in [3.05, 3.63) is 34.3 Å². The molecule has 7 heteroatoms. The van der Waals surface area contributed by atoms with Crippen molar-refractivity contribution in [3.8, 4) is 0 Å². The summed E-state index contributed by atoms with van der Waals surface area (Å²) in [5.41, 5.74) is 5.09. The Balaban J connectivity index is 1.78. The van der Waals surface area contributed by atoms with Gasteiger partial charge in [0.2, 0.25) is 5.91 Å². The first-order valence-electron chi connectivity index (χ1n) is 7.63. The average molecular weight is 382 g/mol. The standard InChI is InChI=1S/C16H20BrN3O3/c1-10(18-15(22)11-4-2-3-5-11)14(21)19-20-16(23)12-6-8-13(17)9-7-12/h6-11H,2-5H2,1H3,(H,18,22)(H,19,21)(H,20,23). The zero-order valence-corrected chi connectivity index (χ0v) is 14.5.